The predicted molar refractivity (Wildman–Crippen MR) is 82.0 cm³/mol. The van der Waals surface area contributed by atoms with Gasteiger partial charge in [0.15, 0.2) is 11.6 Å². The maximum absolute atomic E-state index is 13.6. The van der Waals surface area contributed by atoms with Crippen molar-refractivity contribution >= 4 is 11.8 Å². The SMILES string of the molecule is COc1ccc(CC(O)CSC2CCCCC2)cc1F. The minimum atomic E-state index is -0.408. The average molecular weight is 298 g/mol. The number of methoxy groups -OCH3 is 1. The van der Waals surface area contributed by atoms with Gasteiger partial charge in [-0.05, 0) is 37.0 Å². The summed E-state index contributed by atoms with van der Waals surface area (Å²) in [5.74, 6) is 0.621. The predicted octanol–water partition coefficient (Wildman–Crippen LogP) is 3.80. The minimum absolute atomic E-state index is 0.250. The highest BCUT2D eigenvalue weighted by Gasteiger charge is 2.16. The van der Waals surface area contributed by atoms with Crippen LogP contribution in [0.2, 0.25) is 0 Å². The second-order valence-electron chi connectivity index (χ2n) is 5.42. The summed E-state index contributed by atoms with van der Waals surface area (Å²) in [7, 11) is 1.45. The Morgan fingerprint density at radius 1 is 1.35 bits per heavy atom. The van der Waals surface area contributed by atoms with Gasteiger partial charge in [0.1, 0.15) is 0 Å². The second kappa shape index (κ2) is 7.89. The topological polar surface area (TPSA) is 29.5 Å². The van der Waals surface area contributed by atoms with Gasteiger partial charge in [-0.1, -0.05) is 25.3 Å². The number of benzene rings is 1. The van der Waals surface area contributed by atoms with Crippen molar-refractivity contribution in [2.75, 3.05) is 12.9 Å². The van der Waals surface area contributed by atoms with Crippen molar-refractivity contribution in [3.63, 3.8) is 0 Å². The molecule has 4 heteroatoms. The number of ether oxygens (including phenoxy) is 1. The molecule has 1 fully saturated rings. The molecule has 1 N–H and O–H groups in total. The Bertz CT molecular complexity index is 419. The van der Waals surface area contributed by atoms with Crippen molar-refractivity contribution < 1.29 is 14.2 Å². The molecule has 0 saturated heterocycles. The molecular formula is C16H23FO2S. The molecule has 1 atom stereocenters. The minimum Gasteiger partial charge on any atom is -0.494 e. The number of aliphatic hydroxyl groups is 1. The lowest BCUT2D eigenvalue weighted by atomic mass is 10.0. The number of halogens is 1. The van der Waals surface area contributed by atoms with E-state index in [1.165, 1.54) is 45.3 Å². The molecule has 0 heterocycles. The van der Waals surface area contributed by atoms with Crippen molar-refractivity contribution in [1.82, 2.24) is 0 Å². The lowest BCUT2D eigenvalue weighted by Crippen LogP contribution is -2.17. The zero-order valence-electron chi connectivity index (χ0n) is 12.0. The fourth-order valence-electron chi connectivity index (χ4n) is 2.65. The van der Waals surface area contributed by atoms with Crippen LogP contribution in [0.25, 0.3) is 0 Å². The maximum Gasteiger partial charge on any atom is 0.165 e. The molecule has 20 heavy (non-hydrogen) atoms. The Morgan fingerprint density at radius 2 is 2.10 bits per heavy atom. The van der Waals surface area contributed by atoms with Crippen LogP contribution in [0.4, 0.5) is 4.39 Å². The van der Waals surface area contributed by atoms with E-state index < -0.39 is 6.10 Å². The van der Waals surface area contributed by atoms with E-state index in [1.54, 1.807) is 6.07 Å². The van der Waals surface area contributed by atoms with Gasteiger partial charge in [-0.25, -0.2) is 4.39 Å². The Balaban J connectivity index is 1.78. The van der Waals surface area contributed by atoms with Crippen LogP contribution >= 0.6 is 11.8 Å². The molecule has 1 unspecified atom stereocenters. The number of aliphatic hydroxyl groups excluding tert-OH is 1. The molecule has 1 aliphatic rings. The van der Waals surface area contributed by atoms with Crippen LogP contribution < -0.4 is 4.74 Å². The Morgan fingerprint density at radius 3 is 2.75 bits per heavy atom. The number of rotatable bonds is 6. The fraction of sp³-hybridized carbons (Fsp3) is 0.625. The highest BCUT2D eigenvalue weighted by molar-refractivity contribution is 7.99. The van der Waals surface area contributed by atoms with Gasteiger partial charge in [0.25, 0.3) is 0 Å². The quantitative estimate of drug-likeness (QED) is 0.866. The van der Waals surface area contributed by atoms with Crippen LogP contribution in [-0.2, 0) is 6.42 Å². The van der Waals surface area contributed by atoms with E-state index in [0.717, 1.165) is 11.3 Å². The summed E-state index contributed by atoms with van der Waals surface area (Å²) in [6, 6.07) is 4.88. The van der Waals surface area contributed by atoms with E-state index in [4.69, 9.17) is 4.74 Å². The zero-order valence-corrected chi connectivity index (χ0v) is 12.8. The third kappa shape index (κ3) is 4.67. The number of hydrogen-bond acceptors (Lipinski definition) is 3. The lowest BCUT2D eigenvalue weighted by molar-refractivity contribution is 0.199. The number of thioether (sulfide) groups is 1. The van der Waals surface area contributed by atoms with Crippen molar-refractivity contribution in [3.05, 3.63) is 29.6 Å². The van der Waals surface area contributed by atoms with Gasteiger partial charge in [-0.3, -0.25) is 0 Å². The van der Waals surface area contributed by atoms with E-state index in [9.17, 15) is 9.50 Å². The summed E-state index contributed by atoms with van der Waals surface area (Å²) < 4.78 is 18.5. The highest BCUT2D eigenvalue weighted by atomic mass is 32.2. The highest BCUT2D eigenvalue weighted by Crippen LogP contribution is 2.29. The first kappa shape index (κ1) is 15.6. The third-order valence-electron chi connectivity index (χ3n) is 3.76. The van der Waals surface area contributed by atoms with Crippen molar-refractivity contribution in [3.8, 4) is 5.75 Å². The van der Waals surface area contributed by atoms with Crippen LogP contribution in [0.5, 0.6) is 5.75 Å². The molecule has 0 radical (unpaired) electrons. The van der Waals surface area contributed by atoms with Crippen LogP contribution in [0, 0.1) is 5.82 Å². The van der Waals surface area contributed by atoms with E-state index in [-0.39, 0.29) is 11.6 Å². The largest absolute Gasteiger partial charge is 0.494 e. The molecule has 1 aromatic rings. The van der Waals surface area contributed by atoms with E-state index in [1.807, 2.05) is 17.8 Å². The summed E-state index contributed by atoms with van der Waals surface area (Å²) in [6.07, 6.45) is 6.62. The average Bonchev–Trinajstić information content (AvgIpc) is 2.46. The first-order chi connectivity index (χ1) is 9.69. The summed E-state index contributed by atoms with van der Waals surface area (Å²) in [5.41, 5.74) is 0.819. The van der Waals surface area contributed by atoms with Crippen LogP contribution in [-0.4, -0.2) is 29.3 Å². The van der Waals surface area contributed by atoms with Crippen molar-refractivity contribution in [2.24, 2.45) is 0 Å². The molecule has 1 saturated carbocycles. The zero-order chi connectivity index (χ0) is 14.4. The molecule has 112 valence electrons. The summed E-state index contributed by atoms with van der Waals surface area (Å²) in [6.45, 7) is 0. The standard InChI is InChI=1S/C16H23FO2S/c1-19-16-8-7-12(10-15(16)17)9-13(18)11-20-14-5-3-2-4-6-14/h7-8,10,13-14,18H,2-6,9,11H2,1H3. The van der Waals surface area contributed by atoms with Crippen molar-refractivity contribution in [1.29, 1.82) is 0 Å². The first-order valence-electron chi connectivity index (χ1n) is 7.31. The smallest absolute Gasteiger partial charge is 0.165 e. The molecule has 0 spiro atoms. The van der Waals surface area contributed by atoms with Gasteiger partial charge in [0.2, 0.25) is 0 Å². The van der Waals surface area contributed by atoms with Crippen LogP contribution in [0.1, 0.15) is 37.7 Å². The summed E-state index contributed by atoms with van der Waals surface area (Å²) in [5, 5.41) is 10.8. The molecule has 0 aromatic heterocycles. The van der Waals surface area contributed by atoms with Crippen LogP contribution in [0.15, 0.2) is 18.2 Å². The Hall–Kier alpha value is -0.740. The van der Waals surface area contributed by atoms with Gasteiger partial charge in [-0.2, -0.15) is 11.8 Å². The summed E-state index contributed by atoms with van der Waals surface area (Å²) >= 11 is 1.87. The van der Waals surface area contributed by atoms with Gasteiger partial charge < -0.3 is 9.84 Å². The monoisotopic (exact) mass is 298 g/mol. The van der Waals surface area contributed by atoms with Gasteiger partial charge in [0.05, 0.1) is 13.2 Å². The van der Waals surface area contributed by atoms with Gasteiger partial charge >= 0.3 is 0 Å². The van der Waals surface area contributed by atoms with Gasteiger partial charge in [-0.15, -0.1) is 0 Å². The maximum atomic E-state index is 13.6. The molecule has 2 rings (SSSR count). The Labute approximate surface area is 124 Å². The van der Waals surface area contributed by atoms with Gasteiger partial charge in [0, 0.05) is 11.0 Å². The molecule has 2 nitrogen and oxygen atoms in total. The van der Waals surface area contributed by atoms with E-state index >= 15 is 0 Å². The fourth-order valence-corrected chi connectivity index (χ4v) is 3.93. The number of hydrogen-bond donors (Lipinski definition) is 1. The van der Waals surface area contributed by atoms with E-state index in [0.29, 0.717) is 11.7 Å². The van der Waals surface area contributed by atoms with E-state index in [2.05, 4.69) is 0 Å². The molecule has 1 aliphatic carbocycles. The molecule has 1 aromatic carbocycles. The molecule has 0 bridgehead atoms. The third-order valence-corrected chi connectivity index (χ3v) is 5.28. The lowest BCUT2D eigenvalue weighted by Gasteiger charge is -2.22. The normalized spacial score (nSPS) is 17.9. The molecular weight excluding hydrogens is 275 g/mol. The Kier molecular flexibility index (Phi) is 6.17. The second-order valence-corrected chi connectivity index (χ2v) is 6.75. The molecule has 0 amide bonds. The summed E-state index contributed by atoms with van der Waals surface area (Å²) in [4.78, 5) is 0. The van der Waals surface area contributed by atoms with Crippen LogP contribution in [0.3, 0.4) is 0 Å². The van der Waals surface area contributed by atoms with Crippen molar-refractivity contribution in [2.45, 2.75) is 49.9 Å². The molecule has 0 aliphatic heterocycles. The first-order valence-corrected chi connectivity index (χ1v) is 8.36.